The smallest absolute Gasteiger partial charge is 0.414 e. The second-order valence-electron chi connectivity index (χ2n) is 6.34. The molecule has 2 rings (SSSR count). The number of halogens is 2. The molecule has 7 nitrogen and oxygen atoms in total. The summed E-state index contributed by atoms with van der Waals surface area (Å²) in [5.74, 6) is -2.39. The van der Waals surface area contributed by atoms with Crippen molar-refractivity contribution in [1.82, 2.24) is 4.90 Å². The van der Waals surface area contributed by atoms with Crippen LogP contribution in [-0.4, -0.2) is 66.0 Å². The van der Waals surface area contributed by atoms with Crippen molar-refractivity contribution < 1.29 is 29.3 Å². The zero-order chi connectivity index (χ0) is 20.4. The first-order valence-electron chi connectivity index (χ1n) is 8.56. The Hall–Kier alpha value is -1.54. The van der Waals surface area contributed by atoms with Crippen LogP contribution in [-0.2, 0) is 14.3 Å². The van der Waals surface area contributed by atoms with Crippen LogP contribution in [0.2, 0.25) is 10.0 Å². The third kappa shape index (κ3) is 9.28. The van der Waals surface area contributed by atoms with Crippen LogP contribution in [0.15, 0.2) is 18.2 Å². The summed E-state index contributed by atoms with van der Waals surface area (Å²) in [4.78, 5) is 20.7. The van der Waals surface area contributed by atoms with E-state index in [2.05, 4.69) is 18.7 Å². The normalized spacial score (nSPS) is 16.6. The van der Waals surface area contributed by atoms with Gasteiger partial charge in [-0.2, -0.15) is 0 Å². The number of ether oxygens (including phenoxy) is 2. The molecule has 0 aliphatic carbocycles. The number of carboxylic acid groups (broad SMARTS) is 2. The predicted molar refractivity (Wildman–Crippen MR) is 103 cm³/mol. The molecule has 0 spiro atoms. The van der Waals surface area contributed by atoms with Gasteiger partial charge in [-0.3, -0.25) is 4.90 Å². The van der Waals surface area contributed by atoms with E-state index in [-0.39, 0.29) is 0 Å². The molecule has 0 bridgehead atoms. The minimum atomic E-state index is -1.82. The summed E-state index contributed by atoms with van der Waals surface area (Å²) in [6.07, 6.45) is 1.11. The number of nitrogens with zero attached hydrogens (tertiary/aromatic N) is 1. The van der Waals surface area contributed by atoms with Gasteiger partial charge in [0.15, 0.2) is 0 Å². The van der Waals surface area contributed by atoms with E-state index < -0.39 is 11.9 Å². The highest BCUT2D eigenvalue weighted by Crippen LogP contribution is 2.26. The fourth-order valence-corrected chi connectivity index (χ4v) is 2.91. The molecular formula is C18H25Cl2NO6. The number of rotatable bonds is 6. The SMILES string of the molecule is CC(COc1ccc(Cl)c(Cl)c1)CC(C)N1CCOCC1.O=C(O)C(=O)O. The predicted octanol–water partition coefficient (Wildman–Crippen LogP) is 3.27. The molecule has 2 atom stereocenters. The van der Waals surface area contributed by atoms with E-state index >= 15 is 0 Å². The van der Waals surface area contributed by atoms with Gasteiger partial charge >= 0.3 is 11.9 Å². The molecule has 2 N–H and O–H groups in total. The fraction of sp³-hybridized carbons (Fsp3) is 0.556. The number of hydrogen-bond acceptors (Lipinski definition) is 5. The van der Waals surface area contributed by atoms with Crippen molar-refractivity contribution in [1.29, 1.82) is 0 Å². The second-order valence-corrected chi connectivity index (χ2v) is 7.15. The molecule has 1 fully saturated rings. The van der Waals surface area contributed by atoms with Gasteiger partial charge in [0.1, 0.15) is 5.75 Å². The van der Waals surface area contributed by atoms with Crippen LogP contribution in [0.1, 0.15) is 20.3 Å². The summed E-state index contributed by atoms with van der Waals surface area (Å²) in [6, 6.07) is 5.94. The van der Waals surface area contributed by atoms with Gasteiger partial charge in [0.25, 0.3) is 0 Å². The number of carboxylic acids is 2. The first kappa shape index (κ1) is 23.5. The van der Waals surface area contributed by atoms with E-state index in [1.807, 2.05) is 6.07 Å². The molecule has 152 valence electrons. The Morgan fingerprint density at radius 1 is 1.15 bits per heavy atom. The highest BCUT2D eigenvalue weighted by Gasteiger charge is 2.19. The molecule has 0 saturated carbocycles. The van der Waals surface area contributed by atoms with Gasteiger partial charge in [-0.05, 0) is 31.4 Å². The maximum Gasteiger partial charge on any atom is 0.414 e. The standard InChI is InChI=1S/C16H23Cl2NO2.C2H2O4/c1-12(9-13(2)19-5-7-20-8-6-19)11-21-14-3-4-15(17)16(18)10-14;3-1(4)2(5)6/h3-4,10,12-13H,5-9,11H2,1-2H3;(H,3,4)(H,5,6). The summed E-state index contributed by atoms with van der Waals surface area (Å²) < 4.78 is 11.2. The Kier molecular flexibility index (Phi) is 10.5. The summed E-state index contributed by atoms with van der Waals surface area (Å²) in [5.41, 5.74) is 0. The van der Waals surface area contributed by atoms with Crippen LogP contribution < -0.4 is 4.74 Å². The Morgan fingerprint density at radius 3 is 2.26 bits per heavy atom. The minimum absolute atomic E-state index is 0.484. The molecule has 0 amide bonds. The van der Waals surface area contributed by atoms with E-state index in [0.29, 0.717) is 28.6 Å². The Morgan fingerprint density at radius 2 is 1.74 bits per heavy atom. The monoisotopic (exact) mass is 421 g/mol. The van der Waals surface area contributed by atoms with Gasteiger partial charge in [-0.15, -0.1) is 0 Å². The lowest BCUT2D eigenvalue weighted by molar-refractivity contribution is -0.159. The number of hydrogen-bond donors (Lipinski definition) is 2. The van der Waals surface area contributed by atoms with E-state index in [0.717, 1.165) is 38.5 Å². The summed E-state index contributed by atoms with van der Waals surface area (Å²) in [5, 5.41) is 15.9. The van der Waals surface area contributed by atoms with Gasteiger partial charge < -0.3 is 19.7 Å². The zero-order valence-electron chi connectivity index (χ0n) is 15.4. The van der Waals surface area contributed by atoms with Crippen LogP contribution in [0, 0.1) is 5.92 Å². The highest BCUT2D eigenvalue weighted by atomic mass is 35.5. The Bertz CT molecular complexity index is 610. The summed E-state index contributed by atoms with van der Waals surface area (Å²) in [6.45, 7) is 8.93. The molecule has 27 heavy (non-hydrogen) atoms. The molecule has 1 aliphatic heterocycles. The van der Waals surface area contributed by atoms with Crippen molar-refractivity contribution in [2.45, 2.75) is 26.3 Å². The molecular weight excluding hydrogens is 397 g/mol. The molecule has 1 heterocycles. The molecule has 2 unspecified atom stereocenters. The van der Waals surface area contributed by atoms with Gasteiger partial charge in [-0.1, -0.05) is 30.1 Å². The van der Waals surface area contributed by atoms with Crippen LogP contribution in [0.3, 0.4) is 0 Å². The molecule has 9 heteroatoms. The van der Waals surface area contributed by atoms with E-state index in [4.69, 9.17) is 52.5 Å². The first-order chi connectivity index (χ1) is 12.7. The Balaban J connectivity index is 0.000000527. The number of carbonyl (C=O) groups is 2. The van der Waals surface area contributed by atoms with E-state index in [9.17, 15) is 0 Å². The molecule has 1 aromatic carbocycles. The molecule has 0 aromatic heterocycles. The molecule has 1 aromatic rings. The van der Waals surface area contributed by atoms with Crippen molar-refractivity contribution in [2.24, 2.45) is 5.92 Å². The third-order valence-corrected chi connectivity index (χ3v) is 4.76. The van der Waals surface area contributed by atoms with Gasteiger partial charge in [0.2, 0.25) is 0 Å². The van der Waals surface area contributed by atoms with Crippen molar-refractivity contribution in [3.05, 3.63) is 28.2 Å². The fourth-order valence-electron chi connectivity index (χ4n) is 2.62. The van der Waals surface area contributed by atoms with Crippen molar-refractivity contribution in [3.63, 3.8) is 0 Å². The van der Waals surface area contributed by atoms with Crippen LogP contribution in [0.5, 0.6) is 5.75 Å². The lowest BCUT2D eigenvalue weighted by Crippen LogP contribution is -2.43. The molecule has 1 saturated heterocycles. The summed E-state index contributed by atoms with van der Waals surface area (Å²) in [7, 11) is 0. The molecule has 0 radical (unpaired) electrons. The Labute approximate surface area is 168 Å². The van der Waals surface area contributed by atoms with E-state index in [1.54, 1.807) is 12.1 Å². The maximum absolute atomic E-state index is 9.10. The maximum atomic E-state index is 9.10. The number of benzene rings is 1. The molecule has 1 aliphatic rings. The lowest BCUT2D eigenvalue weighted by Gasteiger charge is -2.33. The van der Waals surface area contributed by atoms with Crippen molar-refractivity contribution >= 4 is 35.1 Å². The average molecular weight is 422 g/mol. The third-order valence-electron chi connectivity index (χ3n) is 4.02. The topological polar surface area (TPSA) is 96.3 Å². The quantitative estimate of drug-likeness (QED) is 0.680. The van der Waals surface area contributed by atoms with Crippen molar-refractivity contribution in [2.75, 3.05) is 32.9 Å². The summed E-state index contributed by atoms with van der Waals surface area (Å²) >= 11 is 11.9. The second kappa shape index (κ2) is 12.0. The number of aliphatic carboxylic acids is 2. The number of morpholine rings is 1. The average Bonchev–Trinajstić information content (AvgIpc) is 2.64. The van der Waals surface area contributed by atoms with Crippen LogP contribution >= 0.6 is 23.2 Å². The van der Waals surface area contributed by atoms with Crippen LogP contribution in [0.25, 0.3) is 0 Å². The lowest BCUT2D eigenvalue weighted by atomic mass is 10.0. The minimum Gasteiger partial charge on any atom is -0.493 e. The van der Waals surface area contributed by atoms with Crippen LogP contribution in [0.4, 0.5) is 0 Å². The zero-order valence-corrected chi connectivity index (χ0v) is 16.9. The highest BCUT2D eigenvalue weighted by molar-refractivity contribution is 6.42. The van der Waals surface area contributed by atoms with E-state index in [1.165, 1.54) is 0 Å². The van der Waals surface area contributed by atoms with Gasteiger partial charge in [-0.25, -0.2) is 9.59 Å². The first-order valence-corrected chi connectivity index (χ1v) is 9.32. The van der Waals surface area contributed by atoms with Crippen molar-refractivity contribution in [3.8, 4) is 5.75 Å². The largest absolute Gasteiger partial charge is 0.493 e. The van der Waals surface area contributed by atoms with Gasteiger partial charge in [0.05, 0.1) is 29.9 Å². The van der Waals surface area contributed by atoms with Gasteiger partial charge in [0, 0.05) is 25.2 Å².